The van der Waals surface area contributed by atoms with Gasteiger partial charge in [0, 0.05) is 22.7 Å². The summed E-state index contributed by atoms with van der Waals surface area (Å²) in [6, 6.07) is 7.12. The Hall–Kier alpha value is -1.21. The van der Waals surface area contributed by atoms with Crippen LogP contribution in [-0.4, -0.2) is 25.1 Å². The Balaban J connectivity index is 3.10. The third kappa shape index (κ3) is 4.27. The van der Waals surface area contributed by atoms with Crippen molar-refractivity contribution in [3.63, 3.8) is 0 Å². The number of nitrogens with zero attached hydrogens (tertiary/aromatic N) is 1. The van der Waals surface area contributed by atoms with Crippen LogP contribution in [0.25, 0.3) is 0 Å². The van der Waals surface area contributed by atoms with E-state index < -0.39 is 28.7 Å². The molecular formula is C10H10F3NO2S. The fourth-order valence-electron chi connectivity index (χ4n) is 1.04. The van der Waals surface area contributed by atoms with E-state index in [0.29, 0.717) is 0 Å². The summed E-state index contributed by atoms with van der Waals surface area (Å²) in [5, 5.41) is 0. The van der Waals surface area contributed by atoms with Crippen molar-refractivity contribution < 1.29 is 22.7 Å². The summed E-state index contributed by atoms with van der Waals surface area (Å²) in [5.74, 6) is -0.919. The van der Waals surface area contributed by atoms with E-state index in [1.54, 1.807) is 6.07 Å². The van der Waals surface area contributed by atoms with Crippen molar-refractivity contribution >= 4 is 16.6 Å². The lowest BCUT2D eigenvalue weighted by Crippen LogP contribution is -2.18. The average Bonchev–Trinajstić information content (AvgIpc) is 2.26. The summed E-state index contributed by atoms with van der Waals surface area (Å²) in [6.07, 6.45) is 0. The number of benzene rings is 1. The summed E-state index contributed by atoms with van der Waals surface area (Å²) in [5.41, 5.74) is -4.56. The van der Waals surface area contributed by atoms with Gasteiger partial charge in [-0.1, -0.05) is 18.2 Å². The van der Waals surface area contributed by atoms with Crippen LogP contribution in [0.3, 0.4) is 0 Å². The van der Waals surface area contributed by atoms with Gasteiger partial charge < -0.3 is 4.74 Å². The first-order valence-electron chi connectivity index (χ1n) is 4.55. The highest BCUT2D eigenvalue weighted by Crippen LogP contribution is 2.28. The van der Waals surface area contributed by atoms with Crippen molar-refractivity contribution in [1.29, 1.82) is 0 Å². The first-order valence-corrected chi connectivity index (χ1v) is 5.73. The zero-order valence-electron chi connectivity index (χ0n) is 8.90. The minimum atomic E-state index is -4.56. The van der Waals surface area contributed by atoms with E-state index in [0.717, 1.165) is 0 Å². The van der Waals surface area contributed by atoms with Gasteiger partial charge >= 0.3 is 5.51 Å². The monoisotopic (exact) mass is 265 g/mol. The van der Waals surface area contributed by atoms with Gasteiger partial charge in [-0.25, -0.2) is 0 Å². The van der Waals surface area contributed by atoms with Crippen molar-refractivity contribution in [3.05, 3.63) is 30.3 Å². The Kier molecular flexibility index (Phi) is 4.83. The van der Waals surface area contributed by atoms with Crippen LogP contribution >= 0.6 is 0 Å². The van der Waals surface area contributed by atoms with E-state index in [1.165, 1.54) is 31.4 Å². The highest BCUT2D eigenvalue weighted by molar-refractivity contribution is 7.88. The largest absolute Gasteiger partial charge is 0.457 e. The zero-order valence-corrected chi connectivity index (χ0v) is 9.72. The number of alkyl halides is 3. The number of carbonyl (C=O) groups is 1. The van der Waals surface area contributed by atoms with Gasteiger partial charge in [-0.2, -0.15) is 17.5 Å². The molecule has 0 saturated heterocycles. The third-order valence-corrected chi connectivity index (χ3v) is 3.19. The maximum Gasteiger partial charge on any atom is 0.457 e. The molecule has 1 atom stereocenters. The Morgan fingerprint density at radius 1 is 1.35 bits per heavy atom. The predicted octanol–water partition coefficient (Wildman–Crippen LogP) is 2.54. The predicted molar refractivity (Wildman–Crippen MR) is 57.4 cm³/mol. The number of halogens is 3. The van der Waals surface area contributed by atoms with Crippen LogP contribution < -0.4 is 0 Å². The molecule has 0 aliphatic heterocycles. The lowest BCUT2D eigenvalue weighted by Gasteiger charge is -2.11. The zero-order chi connectivity index (χ0) is 12.9. The molecule has 1 aromatic rings. The maximum atomic E-state index is 12.7. The lowest BCUT2D eigenvalue weighted by atomic mass is 10.4. The molecule has 94 valence electrons. The highest BCUT2D eigenvalue weighted by atomic mass is 32.2. The molecular weight excluding hydrogens is 255 g/mol. The van der Waals surface area contributed by atoms with E-state index in [4.69, 9.17) is 0 Å². The fourth-order valence-corrected chi connectivity index (χ4v) is 2.19. The molecule has 0 aliphatic carbocycles. The Morgan fingerprint density at radius 3 is 2.41 bits per heavy atom. The first kappa shape index (κ1) is 13.9. The molecule has 0 bridgehead atoms. The number of hydrogen-bond acceptors (Lipinski definition) is 2. The van der Waals surface area contributed by atoms with Gasteiger partial charge in [-0.15, -0.1) is 0 Å². The summed E-state index contributed by atoms with van der Waals surface area (Å²) in [7, 11) is -1.22. The number of methoxy groups -OCH3 is 1. The molecule has 1 unspecified atom stereocenters. The first-order chi connectivity index (χ1) is 7.95. The van der Waals surface area contributed by atoms with E-state index in [9.17, 15) is 18.0 Å². The molecule has 0 radical (unpaired) electrons. The van der Waals surface area contributed by atoms with Gasteiger partial charge in [-0.05, 0) is 12.1 Å². The van der Waals surface area contributed by atoms with Crippen LogP contribution in [-0.2, 0) is 20.2 Å². The van der Waals surface area contributed by atoms with Crippen LogP contribution in [0, 0.1) is 0 Å². The van der Waals surface area contributed by atoms with Crippen molar-refractivity contribution in [2.45, 2.75) is 10.4 Å². The smallest absolute Gasteiger partial charge is 0.375 e. The fraction of sp³-hybridized carbons (Fsp3) is 0.300. The summed E-state index contributed by atoms with van der Waals surface area (Å²) in [6.45, 7) is -0.452. The van der Waals surface area contributed by atoms with Gasteiger partial charge in [0.2, 0.25) is 0 Å². The second-order valence-corrected chi connectivity index (χ2v) is 4.65. The van der Waals surface area contributed by atoms with Crippen LogP contribution in [0.2, 0.25) is 0 Å². The van der Waals surface area contributed by atoms with E-state index in [1.807, 2.05) is 0 Å². The Morgan fingerprint density at radius 2 is 1.94 bits per heavy atom. The summed E-state index contributed by atoms with van der Waals surface area (Å²) >= 11 is 0. The SMILES string of the molecule is COCC(=O)N=S(c1ccccc1)C(F)(F)F. The molecule has 7 heteroatoms. The van der Waals surface area contributed by atoms with E-state index in [-0.39, 0.29) is 4.90 Å². The number of carbonyl (C=O) groups excluding carboxylic acids is 1. The normalized spacial score (nSPS) is 13.6. The average molecular weight is 265 g/mol. The molecule has 0 N–H and O–H groups in total. The molecule has 1 aromatic carbocycles. The number of ether oxygens (including phenoxy) is 1. The molecule has 1 amide bonds. The van der Waals surface area contributed by atoms with Gasteiger partial charge in [0.05, 0.1) is 0 Å². The maximum absolute atomic E-state index is 12.7. The molecule has 0 spiro atoms. The quantitative estimate of drug-likeness (QED) is 0.842. The third-order valence-electron chi connectivity index (χ3n) is 1.65. The van der Waals surface area contributed by atoms with Crippen LogP contribution in [0.5, 0.6) is 0 Å². The second kappa shape index (κ2) is 5.92. The van der Waals surface area contributed by atoms with Crippen LogP contribution in [0.1, 0.15) is 0 Å². The number of amides is 1. The van der Waals surface area contributed by atoms with Crippen molar-refractivity contribution in [2.75, 3.05) is 13.7 Å². The Bertz CT molecular complexity index is 417. The van der Waals surface area contributed by atoms with Crippen LogP contribution in [0.15, 0.2) is 39.6 Å². The van der Waals surface area contributed by atoms with Crippen molar-refractivity contribution in [3.8, 4) is 0 Å². The minimum absolute atomic E-state index is 0.0375. The molecule has 0 saturated carbocycles. The van der Waals surface area contributed by atoms with Gasteiger partial charge in [-0.3, -0.25) is 4.79 Å². The molecule has 3 nitrogen and oxygen atoms in total. The summed E-state index contributed by atoms with van der Waals surface area (Å²) in [4.78, 5) is 11.1. The molecule has 0 aliphatic rings. The molecule has 0 fully saturated rings. The standard InChI is InChI=1S/C10H10F3NO2S/c1-16-7-9(15)14-17(10(11,12)13)8-5-3-2-4-6-8/h2-6H,7H2,1H3. The molecule has 1 rings (SSSR count). The number of rotatable bonds is 3. The minimum Gasteiger partial charge on any atom is -0.375 e. The second-order valence-electron chi connectivity index (χ2n) is 2.96. The summed E-state index contributed by atoms with van der Waals surface area (Å²) < 4.78 is 45.8. The Labute approximate surface area is 98.7 Å². The van der Waals surface area contributed by atoms with E-state index >= 15 is 0 Å². The van der Waals surface area contributed by atoms with Crippen molar-refractivity contribution in [1.82, 2.24) is 0 Å². The topological polar surface area (TPSA) is 38.7 Å². The molecule has 0 aromatic heterocycles. The van der Waals surface area contributed by atoms with Gasteiger partial charge in [0.15, 0.2) is 0 Å². The molecule has 0 heterocycles. The van der Waals surface area contributed by atoms with Crippen LogP contribution in [0.4, 0.5) is 13.2 Å². The number of hydrogen-bond donors (Lipinski definition) is 0. The van der Waals surface area contributed by atoms with Gasteiger partial charge in [0.1, 0.15) is 6.61 Å². The van der Waals surface area contributed by atoms with E-state index in [2.05, 4.69) is 9.10 Å². The van der Waals surface area contributed by atoms with Gasteiger partial charge in [0.25, 0.3) is 5.91 Å². The van der Waals surface area contributed by atoms with Crippen molar-refractivity contribution in [2.24, 2.45) is 4.36 Å². The highest BCUT2D eigenvalue weighted by Gasteiger charge is 2.36. The lowest BCUT2D eigenvalue weighted by molar-refractivity contribution is -0.121. The molecule has 17 heavy (non-hydrogen) atoms.